The van der Waals surface area contributed by atoms with E-state index in [4.69, 9.17) is 9.47 Å². The number of carbonyl (C=O) groups excluding carboxylic acids is 2. The average Bonchev–Trinajstić information content (AvgIpc) is 3.03. The van der Waals surface area contributed by atoms with Gasteiger partial charge in [0.2, 0.25) is 5.78 Å². The number of Topliss-reactive ketones (excluding diaryl/α,β-unsaturated/α-hetero) is 1. The van der Waals surface area contributed by atoms with Crippen molar-refractivity contribution < 1.29 is 19.1 Å². The first-order valence-corrected chi connectivity index (χ1v) is 9.28. The van der Waals surface area contributed by atoms with E-state index in [1.165, 1.54) is 12.4 Å². The van der Waals surface area contributed by atoms with Gasteiger partial charge in [-0.15, -0.1) is 0 Å². The number of carbonyl (C=O) groups is 2. The van der Waals surface area contributed by atoms with Crippen LogP contribution in [-0.4, -0.2) is 16.7 Å². The molecule has 6 heteroatoms. The van der Waals surface area contributed by atoms with E-state index in [1.807, 2.05) is 24.3 Å². The van der Waals surface area contributed by atoms with E-state index in [1.54, 1.807) is 37.3 Å². The molecule has 138 valence electrons. The first kappa shape index (κ1) is 18.1. The summed E-state index contributed by atoms with van der Waals surface area (Å²) in [5.74, 6) is 0.290. The Bertz CT molecular complexity index is 1110. The van der Waals surface area contributed by atoms with Gasteiger partial charge in [-0.2, -0.15) is 0 Å². The fraction of sp³-hybridized carbons (Fsp3) is 0.0455. The molecule has 0 saturated heterocycles. The van der Waals surface area contributed by atoms with Crippen molar-refractivity contribution >= 4 is 33.8 Å². The zero-order valence-corrected chi connectivity index (χ0v) is 16.4. The molecule has 2 heterocycles. The van der Waals surface area contributed by atoms with Crippen molar-refractivity contribution in [2.45, 2.75) is 6.92 Å². The number of halogens is 1. The van der Waals surface area contributed by atoms with Crippen LogP contribution < -0.4 is 9.47 Å². The molecule has 0 fully saturated rings. The van der Waals surface area contributed by atoms with Gasteiger partial charge in [0.05, 0.1) is 11.1 Å². The minimum atomic E-state index is -0.500. The highest BCUT2D eigenvalue weighted by atomic mass is 79.9. The number of hydrogen-bond donors (Lipinski definition) is 0. The molecule has 1 aliphatic rings. The summed E-state index contributed by atoms with van der Waals surface area (Å²) in [7, 11) is 0. The highest BCUT2D eigenvalue weighted by Gasteiger charge is 2.30. The molecule has 3 aromatic rings. The van der Waals surface area contributed by atoms with Crippen molar-refractivity contribution in [3.63, 3.8) is 0 Å². The van der Waals surface area contributed by atoms with Gasteiger partial charge < -0.3 is 9.47 Å². The molecule has 2 aromatic carbocycles. The highest BCUT2D eigenvalue weighted by molar-refractivity contribution is 9.10. The zero-order valence-electron chi connectivity index (χ0n) is 14.8. The number of pyridine rings is 1. The number of hydrogen-bond acceptors (Lipinski definition) is 5. The fourth-order valence-electron chi connectivity index (χ4n) is 2.84. The van der Waals surface area contributed by atoms with Crippen LogP contribution in [0.2, 0.25) is 0 Å². The third-order valence-corrected chi connectivity index (χ3v) is 4.85. The lowest BCUT2D eigenvalue weighted by atomic mass is 10.1. The Balaban J connectivity index is 1.61. The molecule has 5 nitrogen and oxygen atoms in total. The molecule has 1 aliphatic heterocycles. The van der Waals surface area contributed by atoms with E-state index in [2.05, 4.69) is 20.9 Å². The Morgan fingerprint density at radius 3 is 2.50 bits per heavy atom. The number of aromatic nitrogens is 1. The van der Waals surface area contributed by atoms with Gasteiger partial charge in [0.1, 0.15) is 11.5 Å². The van der Waals surface area contributed by atoms with Crippen LogP contribution in [0.3, 0.4) is 0 Å². The van der Waals surface area contributed by atoms with Crippen molar-refractivity contribution in [1.82, 2.24) is 4.98 Å². The Morgan fingerprint density at radius 1 is 1.07 bits per heavy atom. The van der Waals surface area contributed by atoms with E-state index in [-0.39, 0.29) is 11.5 Å². The first-order valence-electron chi connectivity index (χ1n) is 8.48. The molecule has 0 atom stereocenters. The number of benzene rings is 2. The molecule has 28 heavy (non-hydrogen) atoms. The van der Waals surface area contributed by atoms with Crippen LogP contribution >= 0.6 is 15.9 Å². The van der Waals surface area contributed by atoms with Crippen molar-refractivity contribution in [2.24, 2.45) is 0 Å². The van der Waals surface area contributed by atoms with E-state index in [0.717, 1.165) is 10.0 Å². The zero-order chi connectivity index (χ0) is 19.7. The molecule has 0 bridgehead atoms. The smallest absolute Gasteiger partial charge is 0.343 e. The number of rotatable bonds is 3. The summed E-state index contributed by atoms with van der Waals surface area (Å²) in [5, 5.41) is 0. The summed E-state index contributed by atoms with van der Waals surface area (Å²) < 4.78 is 12.2. The second-order valence-electron chi connectivity index (χ2n) is 6.18. The molecule has 0 N–H and O–H groups in total. The summed E-state index contributed by atoms with van der Waals surface area (Å²) in [4.78, 5) is 28.8. The van der Waals surface area contributed by atoms with E-state index in [0.29, 0.717) is 28.2 Å². The topological polar surface area (TPSA) is 65.5 Å². The molecule has 4 rings (SSSR count). The molecule has 1 aromatic heterocycles. The van der Waals surface area contributed by atoms with Gasteiger partial charge in [0, 0.05) is 22.4 Å². The van der Waals surface area contributed by atoms with E-state index in [9.17, 15) is 9.59 Å². The lowest BCUT2D eigenvalue weighted by Gasteiger charge is -2.10. The first-order chi connectivity index (χ1) is 13.5. The van der Waals surface area contributed by atoms with Crippen molar-refractivity contribution in [1.29, 1.82) is 0 Å². The van der Waals surface area contributed by atoms with Gasteiger partial charge in [-0.1, -0.05) is 28.1 Å². The van der Waals surface area contributed by atoms with Gasteiger partial charge in [0.25, 0.3) is 0 Å². The number of ketones is 1. The molecular weight excluding hydrogens is 422 g/mol. The minimum absolute atomic E-state index is 0.201. The largest absolute Gasteiger partial charge is 0.452 e. The second-order valence-corrected chi connectivity index (χ2v) is 7.10. The normalized spacial score (nSPS) is 13.9. The predicted octanol–water partition coefficient (Wildman–Crippen LogP) is 4.99. The van der Waals surface area contributed by atoms with E-state index < -0.39 is 5.97 Å². The maximum absolute atomic E-state index is 12.7. The van der Waals surface area contributed by atoms with E-state index >= 15 is 0 Å². The molecule has 0 unspecified atom stereocenters. The summed E-state index contributed by atoms with van der Waals surface area (Å²) >= 11 is 3.38. The van der Waals surface area contributed by atoms with Crippen LogP contribution in [0.1, 0.15) is 31.8 Å². The Kier molecular flexibility index (Phi) is 4.79. The van der Waals surface area contributed by atoms with Gasteiger partial charge in [-0.05, 0) is 55.0 Å². The van der Waals surface area contributed by atoms with Crippen LogP contribution in [0.25, 0.3) is 6.08 Å². The number of ether oxygens (including phenoxy) is 2. The fourth-order valence-corrected chi connectivity index (χ4v) is 3.10. The number of allylic oxidation sites excluding steroid dienone is 1. The summed E-state index contributed by atoms with van der Waals surface area (Å²) in [6, 6.07) is 13.9. The third kappa shape index (κ3) is 3.46. The molecule has 0 radical (unpaired) electrons. The molecule has 0 amide bonds. The van der Waals surface area contributed by atoms with Crippen molar-refractivity contribution in [3.8, 4) is 11.5 Å². The second kappa shape index (κ2) is 7.40. The van der Waals surface area contributed by atoms with Gasteiger partial charge in [-0.25, -0.2) is 4.79 Å². The summed E-state index contributed by atoms with van der Waals surface area (Å²) in [5.41, 5.74) is 2.28. The SMILES string of the molecule is Cc1c(OC(=O)c2ccncc2)ccc2c1O/C(=C\c1ccc(Br)cc1)C2=O. The predicted molar refractivity (Wildman–Crippen MR) is 107 cm³/mol. The maximum Gasteiger partial charge on any atom is 0.343 e. The van der Waals surface area contributed by atoms with Gasteiger partial charge in [-0.3, -0.25) is 9.78 Å². The summed E-state index contributed by atoms with van der Waals surface area (Å²) in [6.07, 6.45) is 4.73. The number of nitrogens with zero attached hydrogens (tertiary/aromatic N) is 1. The van der Waals surface area contributed by atoms with Gasteiger partial charge >= 0.3 is 5.97 Å². The Morgan fingerprint density at radius 2 is 1.79 bits per heavy atom. The molecule has 0 spiro atoms. The van der Waals surface area contributed by atoms with Crippen molar-refractivity contribution in [2.75, 3.05) is 0 Å². The number of fused-ring (bicyclic) bond motifs is 1. The lowest BCUT2D eigenvalue weighted by Crippen LogP contribution is -2.09. The third-order valence-electron chi connectivity index (χ3n) is 4.32. The van der Waals surface area contributed by atoms with Crippen LogP contribution in [-0.2, 0) is 0 Å². The molecule has 0 aliphatic carbocycles. The quantitative estimate of drug-likeness (QED) is 0.329. The maximum atomic E-state index is 12.7. The standard InChI is InChI=1S/C22H14BrNO4/c1-13-18(28-22(26)15-8-10-24-11-9-15)7-6-17-20(25)19(27-21(13)17)12-14-2-4-16(23)5-3-14/h2-12H,1H3/b19-12-. The Labute approximate surface area is 169 Å². The molecule has 0 saturated carbocycles. The lowest BCUT2D eigenvalue weighted by molar-refractivity contribution is 0.0733. The highest BCUT2D eigenvalue weighted by Crippen LogP contribution is 2.39. The minimum Gasteiger partial charge on any atom is -0.452 e. The van der Waals surface area contributed by atoms with Crippen LogP contribution in [0, 0.1) is 6.92 Å². The van der Waals surface area contributed by atoms with Crippen molar-refractivity contribution in [3.05, 3.63) is 93.4 Å². The molecular formula is C22H14BrNO4. The van der Waals surface area contributed by atoms with Crippen LogP contribution in [0.5, 0.6) is 11.5 Å². The summed E-state index contributed by atoms with van der Waals surface area (Å²) in [6.45, 7) is 1.75. The van der Waals surface area contributed by atoms with Gasteiger partial charge in [0.15, 0.2) is 5.76 Å². The van der Waals surface area contributed by atoms with Crippen LogP contribution in [0.4, 0.5) is 0 Å². The van der Waals surface area contributed by atoms with Crippen LogP contribution in [0.15, 0.2) is 71.2 Å². The Hall–Kier alpha value is -3.25. The number of esters is 1. The average molecular weight is 436 g/mol. The monoisotopic (exact) mass is 435 g/mol.